The lowest BCUT2D eigenvalue weighted by Gasteiger charge is -2.31. The Morgan fingerprint density at radius 2 is 1.13 bits per heavy atom. The van der Waals surface area contributed by atoms with E-state index in [1.165, 1.54) is 6.33 Å². The van der Waals surface area contributed by atoms with Gasteiger partial charge in [0.2, 0.25) is 0 Å². The number of carboxylic acids is 1. The Balaban J connectivity index is 0.000000162. The van der Waals surface area contributed by atoms with Crippen molar-refractivity contribution in [1.82, 2.24) is 30.6 Å². The molecule has 0 spiro atoms. The average molecular weight is 741 g/mol. The number of nitrogens with one attached hydrogen (secondary N) is 2. The summed E-state index contributed by atoms with van der Waals surface area (Å²) < 4.78 is 0. The monoisotopic (exact) mass is 740 g/mol. The number of aliphatic hydroxyl groups excluding tert-OH is 1. The van der Waals surface area contributed by atoms with Gasteiger partial charge in [0.15, 0.2) is 0 Å². The Morgan fingerprint density at radius 1 is 0.692 bits per heavy atom. The molecule has 4 amide bonds. The number of nitrogens with zero attached hydrogens (tertiary/aromatic N) is 6. The summed E-state index contributed by atoms with van der Waals surface area (Å²) in [5.41, 5.74) is 3.17. The van der Waals surface area contributed by atoms with Crippen LogP contribution in [0.3, 0.4) is 0 Å². The Kier molecular flexibility index (Phi) is 10.2. The molecule has 4 aliphatic heterocycles. The van der Waals surface area contributed by atoms with Gasteiger partial charge in [0.1, 0.15) is 24.3 Å². The lowest BCUT2D eigenvalue weighted by Crippen LogP contribution is -2.36. The summed E-state index contributed by atoms with van der Waals surface area (Å²) in [6.45, 7) is 2.71. The van der Waals surface area contributed by atoms with Gasteiger partial charge in [-0.2, -0.15) is 0 Å². The van der Waals surface area contributed by atoms with Crippen molar-refractivity contribution in [2.75, 3.05) is 36.0 Å². The minimum Gasteiger partial charge on any atom is -0.481 e. The fourth-order valence-electron chi connectivity index (χ4n) is 6.37. The second-order valence-electron chi connectivity index (χ2n) is 12.5. The van der Waals surface area contributed by atoms with E-state index in [-0.39, 0.29) is 28.4 Å². The van der Waals surface area contributed by atoms with Crippen molar-refractivity contribution in [1.29, 1.82) is 0 Å². The first-order valence-corrected chi connectivity index (χ1v) is 18.1. The molecule has 0 bridgehead atoms. The van der Waals surface area contributed by atoms with E-state index in [1.807, 2.05) is 36.4 Å². The number of anilines is 2. The molecular formula is C35H32N8O7S2. The molecule has 2 aromatic heterocycles. The van der Waals surface area contributed by atoms with Crippen molar-refractivity contribution in [2.45, 2.75) is 31.8 Å². The van der Waals surface area contributed by atoms with E-state index in [1.54, 1.807) is 18.5 Å². The highest BCUT2D eigenvalue weighted by molar-refractivity contribution is 8.18. The topological polar surface area (TPSA) is 208 Å². The zero-order chi connectivity index (χ0) is 36.4. The molecule has 15 nitrogen and oxygen atoms in total. The lowest BCUT2D eigenvalue weighted by atomic mass is 9.97. The van der Waals surface area contributed by atoms with Crippen LogP contribution >= 0.6 is 23.5 Å². The third-order valence-electron chi connectivity index (χ3n) is 9.06. The van der Waals surface area contributed by atoms with Crippen LogP contribution in [0.1, 0.15) is 36.8 Å². The highest BCUT2D eigenvalue weighted by Gasteiger charge is 2.28. The molecule has 0 radical (unpaired) electrons. The molecule has 8 rings (SSSR count). The summed E-state index contributed by atoms with van der Waals surface area (Å²) in [7, 11) is 0. The normalized spacial score (nSPS) is 20.1. The predicted molar refractivity (Wildman–Crippen MR) is 197 cm³/mol. The number of benzene rings is 2. The van der Waals surface area contributed by atoms with E-state index in [2.05, 4.69) is 40.4 Å². The fourth-order valence-corrected chi connectivity index (χ4v) is 7.73. The molecular weight excluding hydrogens is 709 g/mol. The van der Waals surface area contributed by atoms with Crippen molar-refractivity contribution in [3.63, 3.8) is 0 Å². The lowest BCUT2D eigenvalue weighted by molar-refractivity contribution is -0.142. The quantitative estimate of drug-likeness (QED) is 0.212. The zero-order valence-electron chi connectivity index (χ0n) is 27.5. The smallest absolute Gasteiger partial charge is 0.306 e. The molecule has 2 aromatic carbocycles. The molecule has 6 heterocycles. The number of imide groups is 2. The maximum absolute atomic E-state index is 11.8. The maximum Gasteiger partial charge on any atom is 0.306 e. The largest absolute Gasteiger partial charge is 0.481 e. The van der Waals surface area contributed by atoms with E-state index in [9.17, 15) is 29.1 Å². The summed E-state index contributed by atoms with van der Waals surface area (Å²) in [5, 5.41) is 24.3. The minimum absolute atomic E-state index is 0.250. The number of fused-ring (bicyclic) bond motifs is 2. The fraction of sp³-hybridized carbons (Fsp3) is 0.286. The second kappa shape index (κ2) is 15.1. The molecule has 17 heteroatoms. The van der Waals surface area contributed by atoms with Crippen LogP contribution in [-0.4, -0.2) is 90.7 Å². The van der Waals surface area contributed by atoms with E-state index in [4.69, 9.17) is 5.11 Å². The number of hydrogen-bond donors (Lipinski definition) is 4. The molecule has 0 aliphatic carbocycles. The molecule has 266 valence electrons. The molecule has 4 fully saturated rings. The zero-order valence-corrected chi connectivity index (χ0v) is 29.2. The number of aliphatic hydroxyl groups is 1. The maximum atomic E-state index is 11.8. The van der Waals surface area contributed by atoms with Crippen LogP contribution in [0.5, 0.6) is 0 Å². The molecule has 4 aliphatic rings. The van der Waals surface area contributed by atoms with Gasteiger partial charge < -0.3 is 20.0 Å². The summed E-state index contributed by atoms with van der Waals surface area (Å²) in [5.74, 6) is -0.251. The van der Waals surface area contributed by atoms with Crippen molar-refractivity contribution in [2.24, 2.45) is 5.92 Å². The third kappa shape index (κ3) is 7.75. The average Bonchev–Trinajstić information content (AvgIpc) is 3.64. The van der Waals surface area contributed by atoms with Gasteiger partial charge in [-0.3, -0.25) is 34.6 Å². The van der Waals surface area contributed by atoms with Crippen LogP contribution in [0.15, 0.2) is 58.9 Å². The summed E-state index contributed by atoms with van der Waals surface area (Å²) in [6, 6.07) is 11.2. The highest BCUT2D eigenvalue weighted by Crippen LogP contribution is 2.32. The molecule has 4 N–H and O–H groups in total. The summed E-state index contributed by atoms with van der Waals surface area (Å²) in [6.07, 6.45) is 8.73. The van der Waals surface area contributed by atoms with Gasteiger partial charge in [-0.1, -0.05) is 12.1 Å². The molecule has 0 unspecified atom stereocenters. The second-order valence-corrected chi connectivity index (χ2v) is 14.5. The van der Waals surface area contributed by atoms with Gasteiger partial charge >= 0.3 is 5.97 Å². The first-order chi connectivity index (χ1) is 25.1. The third-order valence-corrected chi connectivity index (χ3v) is 10.7. The molecule has 52 heavy (non-hydrogen) atoms. The molecule has 4 aromatic rings. The van der Waals surface area contributed by atoms with Crippen LogP contribution in [0, 0.1) is 5.92 Å². The van der Waals surface area contributed by atoms with Crippen LogP contribution in [0.25, 0.3) is 34.0 Å². The Hall–Kier alpha value is -5.39. The number of amides is 4. The summed E-state index contributed by atoms with van der Waals surface area (Å²) in [4.78, 5) is 79.6. The Labute approximate surface area is 305 Å². The van der Waals surface area contributed by atoms with Gasteiger partial charge in [0.25, 0.3) is 22.3 Å². The Morgan fingerprint density at radius 3 is 1.54 bits per heavy atom. The van der Waals surface area contributed by atoms with E-state index in [0.717, 1.165) is 81.2 Å². The van der Waals surface area contributed by atoms with Gasteiger partial charge in [0, 0.05) is 37.0 Å². The highest BCUT2D eigenvalue weighted by atomic mass is 32.2. The number of aliphatic carboxylic acids is 1. The molecule has 0 atom stereocenters. The first-order valence-electron chi connectivity index (χ1n) is 16.5. The van der Waals surface area contributed by atoms with E-state index in [0.29, 0.717) is 48.6 Å². The van der Waals surface area contributed by atoms with Gasteiger partial charge in [-0.25, -0.2) is 19.9 Å². The minimum atomic E-state index is -0.752. The SMILES string of the molecule is O=C1NC(=O)C(=Cc2ccc3ncnc(N4CCC(C(=O)O)CC4)c3c2)S1.O=C1NC(=O)C(=Cc2ccc3ncnc(N4CCC(O)CC4)c3c2)S1. The van der Waals surface area contributed by atoms with Gasteiger partial charge in [-0.15, -0.1) is 0 Å². The van der Waals surface area contributed by atoms with Crippen LogP contribution in [-0.2, 0) is 14.4 Å². The van der Waals surface area contributed by atoms with E-state index >= 15 is 0 Å². The molecule has 4 saturated heterocycles. The van der Waals surface area contributed by atoms with Crippen LogP contribution < -0.4 is 20.4 Å². The van der Waals surface area contributed by atoms with Crippen LogP contribution in [0.4, 0.5) is 21.2 Å². The number of piperidine rings is 2. The van der Waals surface area contributed by atoms with Crippen LogP contribution in [0.2, 0.25) is 0 Å². The Bertz CT molecular complexity index is 2180. The summed E-state index contributed by atoms with van der Waals surface area (Å²) >= 11 is 1.77. The van der Waals surface area contributed by atoms with Crippen molar-refractivity contribution >= 4 is 97.4 Å². The molecule has 0 saturated carbocycles. The standard InChI is InChI=1S/C18H16N4O4S.C17H16N4O3S/c23-16-14(27-18(26)21-16)8-10-1-2-13-12(7-10)15(20-9-19-13)22-5-3-11(4-6-22)17(24)25;22-11-3-5-21(6-4-11)15-12-7-10(1-2-13(12)18-9-19-15)8-14-16(23)20-17(24)25-14/h1-2,7-9,11H,3-6H2,(H,24,25)(H,21,23,26);1-2,7-9,11,22H,3-6H2,(H,20,23,24). The van der Waals surface area contributed by atoms with Crippen molar-refractivity contribution < 1.29 is 34.2 Å². The first kappa shape index (κ1) is 35.0. The predicted octanol–water partition coefficient (Wildman–Crippen LogP) is 4.17. The van der Waals surface area contributed by atoms with Gasteiger partial charge in [-0.05, 0) is 96.8 Å². The number of carboxylic acid groups (broad SMARTS) is 1. The number of carbonyl (C=O) groups excluding carboxylic acids is 4. The number of aromatic nitrogens is 4. The number of hydrogen-bond acceptors (Lipinski definition) is 14. The van der Waals surface area contributed by atoms with E-state index < -0.39 is 11.9 Å². The number of rotatable bonds is 5. The van der Waals surface area contributed by atoms with Gasteiger partial charge in [0.05, 0.1) is 32.9 Å². The van der Waals surface area contributed by atoms with Crippen molar-refractivity contribution in [3.8, 4) is 0 Å². The number of thioether (sulfide) groups is 2. The van der Waals surface area contributed by atoms with Crippen molar-refractivity contribution in [3.05, 3.63) is 70.0 Å². The number of carbonyl (C=O) groups is 5.